The van der Waals surface area contributed by atoms with Crippen LogP contribution in [0, 0.1) is 4.91 Å². The number of alkyl halides is 7. The van der Waals surface area contributed by atoms with Crippen LogP contribution in [0.15, 0.2) is 9.97 Å². The molecule has 0 fully saturated rings. The number of aromatic nitrogens is 2. The van der Waals surface area contributed by atoms with E-state index in [9.17, 15) is 40.4 Å². The van der Waals surface area contributed by atoms with Gasteiger partial charge in [0, 0.05) is 0 Å². The van der Waals surface area contributed by atoms with Gasteiger partial charge in [-0.15, -0.1) is 4.91 Å². The highest BCUT2D eigenvalue weighted by Crippen LogP contribution is 2.52. The number of halogens is 7. The second kappa shape index (κ2) is 3.81. The molecule has 0 aliphatic carbocycles. The molecule has 1 aromatic heterocycles. The van der Waals surface area contributed by atoms with Crippen LogP contribution in [0.25, 0.3) is 0 Å². The molecule has 12 heteroatoms. The van der Waals surface area contributed by atoms with E-state index in [4.69, 9.17) is 0 Å². The molecule has 5 nitrogen and oxygen atoms in total. The van der Waals surface area contributed by atoms with Crippen molar-refractivity contribution in [1.29, 1.82) is 0 Å². The molecule has 0 bridgehead atoms. The molecule has 0 aliphatic heterocycles. The average molecular weight is 281 g/mol. The van der Waals surface area contributed by atoms with Gasteiger partial charge < -0.3 is 0 Å². The number of hydrogen-bond acceptors (Lipinski definition) is 3. The normalized spacial score (nSPS) is 13.7. The van der Waals surface area contributed by atoms with Gasteiger partial charge in [-0.3, -0.25) is 15.0 Å². The highest BCUT2D eigenvalue weighted by molar-refractivity contribution is 5.42. The van der Waals surface area contributed by atoms with Crippen LogP contribution in [0.2, 0.25) is 0 Å². The van der Waals surface area contributed by atoms with Crippen LogP contribution < -0.4 is 5.56 Å². The van der Waals surface area contributed by atoms with Crippen molar-refractivity contribution in [2.45, 2.75) is 18.0 Å². The molecular weight excluding hydrogens is 279 g/mol. The van der Waals surface area contributed by atoms with Crippen LogP contribution in [-0.4, -0.2) is 22.3 Å². The monoisotopic (exact) mass is 281 g/mol. The van der Waals surface area contributed by atoms with E-state index in [-0.39, 0.29) is 0 Å². The second-order valence-electron chi connectivity index (χ2n) is 3.04. The number of nitrogens with one attached hydrogen (secondary N) is 2. The largest absolute Gasteiger partial charge is 0.460 e. The average Bonchev–Trinajstić information content (AvgIpc) is 2.57. The molecule has 18 heavy (non-hydrogen) atoms. The number of rotatable bonds is 3. The van der Waals surface area contributed by atoms with E-state index in [1.54, 1.807) is 5.18 Å². The van der Waals surface area contributed by atoms with Crippen molar-refractivity contribution in [3.63, 3.8) is 0 Å². The van der Waals surface area contributed by atoms with E-state index in [1.165, 1.54) is 5.10 Å². The van der Waals surface area contributed by atoms with Crippen molar-refractivity contribution in [1.82, 2.24) is 10.2 Å². The van der Waals surface area contributed by atoms with Crippen molar-refractivity contribution >= 4 is 5.69 Å². The number of nitroso groups, excluding NO2 is 1. The van der Waals surface area contributed by atoms with E-state index in [2.05, 4.69) is 0 Å². The molecule has 1 rings (SSSR count). The highest BCUT2D eigenvalue weighted by atomic mass is 19.4. The minimum absolute atomic E-state index is 1.08. The van der Waals surface area contributed by atoms with Crippen molar-refractivity contribution in [2.75, 3.05) is 0 Å². The van der Waals surface area contributed by atoms with Gasteiger partial charge in [0.25, 0.3) is 5.56 Å². The Kier molecular flexibility index (Phi) is 3.00. The molecule has 0 aromatic carbocycles. The predicted octanol–water partition coefficient (Wildman–Crippen LogP) is 2.39. The maximum absolute atomic E-state index is 13.0. The summed E-state index contributed by atoms with van der Waals surface area (Å²) >= 11 is 0. The Morgan fingerprint density at radius 3 is 1.83 bits per heavy atom. The molecule has 0 spiro atoms. The molecule has 1 heterocycles. The lowest BCUT2D eigenvalue weighted by Crippen LogP contribution is -2.50. The Balaban J connectivity index is 3.47. The Bertz CT molecular complexity index is 514. The lowest BCUT2D eigenvalue weighted by molar-refractivity contribution is -0.360. The van der Waals surface area contributed by atoms with Crippen molar-refractivity contribution in [3.05, 3.63) is 21.0 Å². The third-order valence-corrected chi connectivity index (χ3v) is 1.91. The summed E-state index contributed by atoms with van der Waals surface area (Å²) in [4.78, 5) is 20.6. The smallest absolute Gasteiger partial charge is 0.294 e. The topological polar surface area (TPSA) is 78.1 Å². The quantitative estimate of drug-likeness (QED) is 0.659. The van der Waals surface area contributed by atoms with E-state index in [1.807, 2.05) is 0 Å². The molecule has 0 unspecified atom stereocenters. The van der Waals surface area contributed by atoms with E-state index < -0.39 is 35.0 Å². The summed E-state index contributed by atoms with van der Waals surface area (Å²) in [6.07, 6.45) is -6.58. The zero-order valence-corrected chi connectivity index (χ0v) is 7.91. The van der Waals surface area contributed by atoms with Crippen LogP contribution in [0.4, 0.5) is 36.4 Å². The number of H-pyrrole nitrogens is 2. The molecule has 0 atom stereocenters. The van der Waals surface area contributed by atoms with Gasteiger partial charge in [-0.1, -0.05) is 0 Å². The Hall–Kier alpha value is -1.88. The summed E-state index contributed by atoms with van der Waals surface area (Å²) < 4.78 is 86.6. The summed E-state index contributed by atoms with van der Waals surface area (Å²) in [7, 11) is 0. The first-order valence-electron chi connectivity index (χ1n) is 3.93. The Labute approximate surface area is 91.9 Å². The highest BCUT2D eigenvalue weighted by Gasteiger charge is 2.75. The van der Waals surface area contributed by atoms with E-state index >= 15 is 0 Å². The van der Waals surface area contributed by atoms with Crippen molar-refractivity contribution in [2.24, 2.45) is 5.18 Å². The van der Waals surface area contributed by atoms with Gasteiger partial charge in [-0.25, -0.2) is 0 Å². The van der Waals surface area contributed by atoms with Gasteiger partial charge >= 0.3 is 18.0 Å². The van der Waals surface area contributed by atoms with Gasteiger partial charge in [-0.2, -0.15) is 30.7 Å². The predicted molar refractivity (Wildman–Crippen MR) is 41.8 cm³/mol. The summed E-state index contributed by atoms with van der Waals surface area (Å²) in [6, 6.07) is 0. The zero-order valence-electron chi connectivity index (χ0n) is 7.91. The summed E-state index contributed by atoms with van der Waals surface area (Å²) in [5, 5.41) is 4.03. The minimum Gasteiger partial charge on any atom is -0.294 e. The van der Waals surface area contributed by atoms with Crippen LogP contribution in [0.1, 0.15) is 5.69 Å². The third-order valence-electron chi connectivity index (χ3n) is 1.91. The van der Waals surface area contributed by atoms with Crippen LogP contribution in [0.5, 0.6) is 0 Å². The van der Waals surface area contributed by atoms with Gasteiger partial charge in [0.05, 0.1) is 0 Å². The SMILES string of the molecule is O=Nc1c(C(F)(F)C(F)(F)C(F)(F)F)[nH][nH]c1=O. The Morgan fingerprint density at radius 1 is 0.944 bits per heavy atom. The fourth-order valence-electron chi connectivity index (χ4n) is 1.00. The maximum Gasteiger partial charge on any atom is 0.460 e. The lowest BCUT2D eigenvalue weighted by atomic mass is 10.1. The molecule has 0 saturated heterocycles. The van der Waals surface area contributed by atoms with Crippen LogP contribution in [-0.2, 0) is 5.92 Å². The second-order valence-corrected chi connectivity index (χ2v) is 3.04. The molecule has 1 aromatic rings. The maximum atomic E-state index is 13.0. The zero-order chi connectivity index (χ0) is 14.4. The van der Waals surface area contributed by atoms with Gasteiger partial charge in [0.2, 0.25) is 5.69 Å². The third kappa shape index (κ3) is 1.76. The summed E-state index contributed by atoms with van der Waals surface area (Å²) in [5.41, 5.74) is -5.65. The lowest BCUT2D eigenvalue weighted by Gasteiger charge is -2.27. The number of nitrogens with zero attached hydrogens (tertiary/aromatic N) is 1. The Morgan fingerprint density at radius 2 is 1.44 bits per heavy atom. The van der Waals surface area contributed by atoms with Crippen molar-refractivity contribution in [3.8, 4) is 0 Å². The van der Waals surface area contributed by atoms with Crippen LogP contribution in [0.3, 0.4) is 0 Å². The first kappa shape index (κ1) is 14.2. The van der Waals surface area contributed by atoms with Crippen molar-refractivity contribution < 1.29 is 30.7 Å². The molecule has 0 saturated carbocycles. The first-order chi connectivity index (χ1) is 7.96. The van der Waals surface area contributed by atoms with Gasteiger partial charge in [-0.05, 0) is 5.18 Å². The summed E-state index contributed by atoms with van der Waals surface area (Å²) in [5.74, 6) is -12.3. The molecule has 2 N–H and O–H groups in total. The van der Waals surface area contributed by atoms with E-state index in [0.717, 1.165) is 5.10 Å². The molecule has 0 aliphatic rings. The number of aromatic amines is 2. The molecule has 102 valence electrons. The van der Waals surface area contributed by atoms with Gasteiger partial charge in [0.15, 0.2) is 0 Å². The van der Waals surface area contributed by atoms with E-state index in [0.29, 0.717) is 0 Å². The molecule has 0 radical (unpaired) electrons. The molecular formula is C6H2F7N3O2. The first-order valence-corrected chi connectivity index (χ1v) is 3.93. The fourth-order valence-corrected chi connectivity index (χ4v) is 1.00. The molecule has 0 amide bonds. The fraction of sp³-hybridized carbons (Fsp3) is 0.500. The minimum atomic E-state index is -6.58. The number of hydrogen-bond donors (Lipinski definition) is 2. The van der Waals surface area contributed by atoms with Gasteiger partial charge in [0.1, 0.15) is 5.69 Å². The van der Waals surface area contributed by atoms with Crippen LogP contribution >= 0.6 is 0 Å². The standard InChI is InChI=1S/C6H2F7N3O2/c7-4(8,5(9,10)6(11,12)13)2-1(16-18)3(17)15-14-2/h(H2,14,15,17). The summed E-state index contributed by atoms with van der Waals surface area (Å²) in [6.45, 7) is 0.